The smallest absolute Gasteiger partial charge is 0.280 e. The molecular weight excluding hydrogens is 296 g/mol. The second-order valence-corrected chi connectivity index (χ2v) is 4.71. The maximum absolute atomic E-state index is 12.1. The van der Waals surface area contributed by atoms with E-state index in [0.29, 0.717) is 16.5 Å². The van der Waals surface area contributed by atoms with E-state index >= 15 is 0 Å². The lowest BCUT2D eigenvalue weighted by atomic mass is 10.1. The number of aromatic amines is 1. The molecule has 0 aliphatic carbocycles. The summed E-state index contributed by atoms with van der Waals surface area (Å²) in [6, 6.07) is 10.1. The highest BCUT2D eigenvalue weighted by Crippen LogP contribution is 2.24. The number of pyridine rings is 2. The molecule has 3 aromatic rings. The molecule has 7 heteroatoms. The summed E-state index contributed by atoms with van der Waals surface area (Å²) in [4.78, 5) is 30.5. The summed E-state index contributed by atoms with van der Waals surface area (Å²) < 4.78 is 0. The summed E-state index contributed by atoms with van der Waals surface area (Å²) in [5.74, 6) is -1.17. The number of H-pyrrole nitrogens is 1. The van der Waals surface area contributed by atoms with E-state index in [1.54, 1.807) is 48.8 Å². The van der Waals surface area contributed by atoms with E-state index < -0.39 is 11.5 Å². The van der Waals surface area contributed by atoms with Crippen molar-refractivity contribution in [1.29, 1.82) is 0 Å². The van der Waals surface area contributed by atoms with Crippen molar-refractivity contribution in [2.24, 2.45) is 5.10 Å². The van der Waals surface area contributed by atoms with Gasteiger partial charge in [0.15, 0.2) is 0 Å². The first-order chi connectivity index (χ1) is 11.2. The molecule has 0 bridgehead atoms. The van der Waals surface area contributed by atoms with E-state index in [4.69, 9.17) is 0 Å². The Hall–Kier alpha value is -3.48. The maximum Gasteiger partial charge on any atom is 0.280 e. The van der Waals surface area contributed by atoms with Crippen molar-refractivity contribution in [2.45, 2.75) is 0 Å². The van der Waals surface area contributed by atoms with Crippen LogP contribution in [0.4, 0.5) is 0 Å². The maximum atomic E-state index is 12.1. The first-order valence-corrected chi connectivity index (χ1v) is 6.74. The Morgan fingerprint density at radius 1 is 1.26 bits per heavy atom. The molecule has 0 atom stereocenters. The average molecular weight is 308 g/mol. The lowest BCUT2D eigenvalue weighted by Crippen LogP contribution is -2.26. The third kappa shape index (κ3) is 2.93. The fraction of sp³-hybridized carbons (Fsp3) is 0. The monoisotopic (exact) mass is 308 g/mol. The number of carbonyl (C=O) groups excluding carboxylic acids is 1. The van der Waals surface area contributed by atoms with Gasteiger partial charge in [-0.25, -0.2) is 5.43 Å². The lowest BCUT2D eigenvalue weighted by Gasteiger charge is -2.05. The van der Waals surface area contributed by atoms with Crippen LogP contribution in [0.3, 0.4) is 0 Å². The Bertz CT molecular complexity index is 948. The number of hydrazone groups is 1. The van der Waals surface area contributed by atoms with E-state index in [-0.39, 0.29) is 11.3 Å². The molecular formula is C16H12N4O3. The van der Waals surface area contributed by atoms with Gasteiger partial charge in [0.05, 0.1) is 11.7 Å². The van der Waals surface area contributed by atoms with Gasteiger partial charge in [-0.2, -0.15) is 5.10 Å². The number of carbonyl (C=O) groups is 1. The van der Waals surface area contributed by atoms with E-state index in [1.807, 2.05) is 0 Å². The number of rotatable bonds is 3. The lowest BCUT2D eigenvalue weighted by molar-refractivity contribution is 0.0951. The molecule has 0 saturated carbocycles. The Balaban J connectivity index is 1.89. The van der Waals surface area contributed by atoms with Crippen molar-refractivity contribution >= 4 is 23.0 Å². The Morgan fingerprint density at radius 3 is 2.87 bits per heavy atom. The molecule has 0 unspecified atom stereocenters. The molecule has 0 saturated heterocycles. The molecule has 0 radical (unpaired) electrons. The van der Waals surface area contributed by atoms with Crippen LogP contribution in [0.1, 0.15) is 15.9 Å². The minimum Gasteiger partial charge on any atom is -0.506 e. The summed E-state index contributed by atoms with van der Waals surface area (Å²) in [5, 5.41) is 14.3. The number of nitrogens with zero attached hydrogens (tertiary/aromatic N) is 2. The SMILES string of the molecule is O=C(N/N=C/c1cccnc1)c1c(O)c2ccccc2[nH]c1=O. The average Bonchev–Trinajstić information content (AvgIpc) is 2.56. The highest BCUT2D eigenvalue weighted by atomic mass is 16.3. The molecule has 0 fully saturated rings. The molecule has 114 valence electrons. The molecule has 0 aliphatic rings. The van der Waals surface area contributed by atoms with Crippen molar-refractivity contribution in [3.8, 4) is 5.75 Å². The Morgan fingerprint density at radius 2 is 2.09 bits per heavy atom. The number of hydrogen-bond acceptors (Lipinski definition) is 5. The van der Waals surface area contributed by atoms with Crippen LogP contribution in [0.25, 0.3) is 10.9 Å². The topological polar surface area (TPSA) is 107 Å². The van der Waals surface area contributed by atoms with Crippen LogP contribution in [-0.4, -0.2) is 27.2 Å². The quantitative estimate of drug-likeness (QED) is 0.502. The van der Waals surface area contributed by atoms with Crippen molar-refractivity contribution in [1.82, 2.24) is 15.4 Å². The second kappa shape index (κ2) is 6.10. The molecule has 3 rings (SSSR count). The number of aromatic hydroxyl groups is 1. The predicted octanol–water partition coefficient (Wildman–Crippen LogP) is 1.39. The normalized spacial score (nSPS) is 11.0. The van der Waals surface area contributed by atoms with Gasteiger partial charge >= 0.3 is 0 Å². The number of nitrogens with one attached hydrogen (secondary N) is 2. The van der Waals surface area contributed by atoms with E-state index in [9.17, 15) is 14.7 Å². The summed E-state index contributed by atoms with van der Waals surface area (Å²) in [5.41, 5.74) is 2.28. The zero-order valence-electron chi connectivity index (χ0n) is 11.9. The van der Waals surface area contributed by atoms with Crippen molar-refractivity contribution in [3.63, 3.8) is 0 Å². The standard InChI is InChI=1S/C16H12N4O3/c21-14-11-5-1-2-6-12(11)19-15(22)13(14)16(23)20-18-9-10-4-3-7-17-8-10/h1-9H,(H,20,23)(H2,19,21,22)/b18-9+. The number of fused-ring (bicyclic) bond motifs is 1. The molecule has 7 nitrogen and oxygen atoms in total. The third-order valence-corrected chi connectivity index (χ3v) is 3.19. The molecule has 3 N–H and O–H groups in total. The predicted molar refractivity (Wildman–Crippen MR) is 85.5 cm³/mol. The van der Waals surface area contributed by atoms with Crippen molar-refractivity contribution in [3.05, 3.63) is 70.3 Å². The van der Waals surface area contributed by atoms with Gasteiger partial charge in [0.2, 0.25) is 0 Å². The van der Waals surface area contributed by atoms with Crippen LogP contribution >= 0.6 is 0 Å². The summed E-state index contributed by atoms with van der Waals surface area (Å²) in [7, 11) is 0. The highest BCUT2D eigenvalue weighted by Gasteiger charge is 2.18. The molecule has 0 aliphatic heterocycles. The van der Waals surface area contributed by atoms with Crippen LogP contribution in [0, 0.1) is 0 Å². The molecule has 1 aromatic carbocycles. The first kappa shape index (κ1) is 14.5. The molecule has 0 spiro atoms. The van der Waals surface area contributed by atoms with Crippen LogP contribution < -0.4 is 11.0 Å². The van der Waals surface area contributed by atoms with Crippen LogP contribution in [0.2, 0.25) is 0 Å². The molecule has 1 amide bonds. The van der Waals surface area contributed by atoms with Crippen LogP contribution in [0.15, 0.2) is 58.7 Å². The summed E-state index contributed by atoms with van der Waals surface area (Å²) in [6.45, 7) is 0. The van der Waals surface area contributed by atoms with Crippen LogP contribution in [-0.2, 0) is 0 Å². The number of hydrogen-bond donors (Lipinski definition) is 3. The highest BCUT2D eigenvalue weighted by molar-refractivity contribution is 6.02. The summed E-state index contributed by atoms with van der Waals surface area (Å²) >= 11 is 0. The number of amides is 1. The third-order valence-electron chi connectivity index (χ3n) is 3.19. The molecule has 2 aromatic heterocycles. The fourth-order valence-corrected chi connectivity index (χ4v) is 2.11. The van der Waals surface area contributed by atoms with Gasteiger partial charge in [-0.1, -0.05) is 18.2 Å². The van der Waals surface area contributed by atoms with Gasteiger partial charge in [0, 0.05) is 23.3 Å². The Kier molecular flexibility index (Phi) is 3.84. The van der Waals surface area contributed by atoms with E-state index in [1.165, 1.54) is 6.21 Å². The zero-order chi connectivity index (χ0) is 16.2. The number of benzene rings is 1. The van der Waals surface area contributed by atoms with Crippen LogP contribution in [0.5, 0.6) is 5.75 Å². The van der Waals surface area contributed by atoms with Gasteiger partial charge in [-0.05, 0) is 18.2 Å². The molecule has 23 heavy (non-hydrogen) atoms. The molecule has 2 heterocycles. The Labute approximate surface area is 130 Å². The van der Waals surface area contributed by atoms with Gasteiger partial charge < -0.3 is 10.1 Å². The van der Waals surface area contributed by atoms with Gasteiger partial charge in [-0.3, -0.25) is 14.6 Å². The van der Waals surface area contributed by atoms with Crippen molar-refractivity contribution < 1.29 is 9.90 Å². The van der Waals surface area contributed by atoms with Gasteiger partial charge in [0.25, 0.3) is 11.5 Å². The number of aromatic nitrogens is 2. The largest absolute Gasteiger partial charge is 0.506 e. The number of para-hydroxylation sites is 1. The minimum absolute atomic E-state index is 0.376. The van der Waals surface area contributed by atoms with E-state index in [2.05, 4.69) is 20.5 Å². The van der Waals surface area contributed by atoms with Gasteiger partial charge in [0.1, 0.15) is 11.3 Å². The zero-order valence-corrected chi connectivity index (χ0v) is 11.9. The minimum atomic E-state index is -0.797. The van der Waals surface area contributed by atoms with Gasteiger partial charge in [-0.15, -0.1) is 0 Å². The fourth-order valence-electron chi connectivity index (χ4n) is 2.11. The second-order valence-electron chi connectivity index (χ2n) is 4.71. The first-order valence-electron chi connectivity index (χ1n) is 6.74. The summed E-state index contributed by atoms with van der Waals surface area (Å²) in [6.07, 6.45) is 4.57. The van der Waals surface area contributed by atoms with E-state index in [0.717, 1.165) is 0 Å². The van der Waals surface area contributed by atoms with Crippen molar-refractivity contribution in [2.75, 3.05) is 0 Å².